The van der Waals surface area contributed by atoms with Gasteiger partial charge in [0.05, 0.1) is 17.3 Å². The normalized spacial score (nSPS) is 14.4. The van der Waals surface area contributed by atoms with E-state index in [1.54, 1.807) is 6.07 Å². The molecule has 1 aromatic carbocycles. The number of anilines is 2. The lowest BCUT2D eigenvalue weighted by Gasteiger charge is -2.15. The van der Waals surface area contributed by atoms with E-state index in [4.69, 9.17) is 11.6 Å². The van der Waals surface area contributed by atoms with Crippen LogP contribution >= 0.6 is 11.6 Å². The predicted molar refractivity (Wildman–Crippen MR) is 75.4 cm³/mol. The maximum Gasteiger partial charge on any atom is 0.238 e. The number of nitrogens with one attached hydrogen (secondary N) is 2. The molecule has 1 aromatic rings. The lowest BCUT2D eigenvalue weighted by Crippen LogP contribution is -2.29. The highest BCUT2D eigenvalue weighted by Gasteiger charge is 2.21. The van der Waals surface area contributed by atoms with Crippen LogP contribution in [-0.4, -0.2) is 32.6 Å². The minimum atomic E-state index is -0.0319. The van der Waals surface area contributed by atoms with Gasteiger partial charge in [0.1, 0.15) is 0 Å². The molecule has 5 heteroatoms. The molecule has 0 heterocycles. The van der Waals surface area contributed by atoms with Gasteiger partial charge in [0, 0.05) is 25.8 Å². The Morgan fingerprint density at radius 1 is 1.44 bits per heavy atom. The molecule has 1 aliphatic carbocycles. The molecule has 0 unspecified atom stereocenters. The van der Waals surface area contributed by atoms with Crippen molar-refractivity contribution in [3.8, 4) is 0 Å². The smallest absolute Gasteiger partial charge is 0.238 e. The third-order valence-corrected chi connectivity index (χ3v) is 3.14. The Kier molecular flexibility index (Phi) is 4.09. The molecule has 4 nitrogen and oxygen atoms in total. The molecule has 0 aromatic heterocycles. The van der Waals surface area contributed by atoms with Crippen molar-refractivity contribution < 1.29 is 4.79 Å². The van der Waals surface area contributed by atoms with Gasteiger partial charge in [0.2, 0.25) is 5.91 Å². The van der Waals surface area contributed by atoms with Crippen molar-refractivity contribution in [2.45, 2.75) is 18.9 Å². The van der Waals surface area contributed by atoms with Crippen molar-refractivity contribution in [1.29, 1.82) is 0 Å². The molecule has 2 rings (SSSR count). The summed E-state index contributed by atoms with van der Waals surface area (Å²) in [7, 11) is 3.86. The van der Waals surface area contributed by atoms with Gasteiger partial charge < -0.3 is 15.5 Å². The third-order valence-electron chi connectivity index (χ3n) is 2.84. The topological polar surface area (TPSA) is 44.4 Å². The van der Waals surface area contributed by atoms with Crippen molar-refractivity contribution in [1.82, 2.24) is 5.32 Å². The monoisotopic (exact) mass is 267 g/mol. The number of hydrogen-bond donors (Lipinski definition) is 2. The third kappa shape index (κ3) is 3.62. The molecular formula is C13H18ClN3O. The Balaban J connectivity index is 1.92. The molecule has 2 N–H and O–H groups in total. The van der Waals surface area contributed by atoms with E-state index in [9.17, 15) is 4.79 Å². The molecule has 0 saturated heterocycles. The van der Waals surface area contributed by atoms with Gasteiger partial charge in [-0.05, 0) is 31.0 Å². The summed E-state index contributed by atoms with van der Waals surface area (Å²) in [5.74, 6) is -0.0319. The molecule has 18 heavy (non-hydrogen) atoms. The zero-order chi connectivity index (χ0) is 13.1. The second-order valence-corrected chi connectivity index (χ2v) is 5.17. The highest BCUT2D eigenvalue weighted by molar-refractivity contribution is 6.33. The number of carbonyl (C=O) groups is 1. The summed E-state index contributed by atoms with van der Waals surface area (Å²) in [4.78, 5) is 13.6. The fourth-order valence-electron chi connectivity index (χ4n) is 1.68. The molecule has 98 valence electrons. The van der Waals surface area contributed by atoms with Gasteiger partial charge in [-0.15, -0.1) is 0 Å². The number of carbonyl (C=O) groups excluding carboxylic acids is 1. The molecule has 0 atom stereocenters. The highest BCUT2D eigenvalue weighted by atomic mass is 35.5. The Bertz CT molecular complexity index is 444. The summed E-state index contributed by atoms with van der Waals surface area (Å²) in [6, 6.07) is 6.06. The van der Waals surface area contributed by atoms with Gasteiger partial charge in [-0.1, -0.05) is 11.6 Å². The first kappa shape index (κ1) is 13.2. The minimum absolute atomic E-state index is 0.0319. The van der Waals surface area contributed by atoms with E-state index in [-0.39, 0.29) is 5.91 Å². The van der Waals surface area contributed by atoms with Crippen LogP contribution in [0, 0.1) is 0 Å². The van der Waals surface area contributed by atoms with Crippen LogP contribution in [0.4, 0.5) is 11.4 Å². The lowest BCUT2D eigenvalue weighted by atomic mass is 10.2. The lowest BCUT2D eigenvalue weighted by molar-refractivity contribution is -0.115. The standard InChI is InChI=1S/C13H18ClN3O/c1-17(2)12-6-5-10(7-11(12)14)16-13(18)8-15-9-3-4-9/h5-7,9,15H,3-4,8H2,1-2H3,(H,16,18). The van der Waals surface area contributed by atoms with Crippen LogP contribution in [0.15, 0.2) is 18.2 Å². The number of hydrogen-bond acceptors (Lipinski definition) is 3. The van der Waals surface area contributed by atoms with E-state index < -0.39 is 0 Å². The average molecular weight is 268 g/mol. The highest BCUT2D eigenvalue weighted by Crippen LogP contribution is 2.27. The van der Waals surface area contributed by atoms with Crippen molar-refractivity contribution >= 4 is 28.9 Å². The SMILES string of the molecule is CN(C)c1ccc(NC(=O)CNC2CC2)cc1Cl. The van der Waals surface area contributed by atoms with Crippen LogP contribution < -0.4 is 15.5 Å². The molecule has 1 amide bonds. The first-order valence-electron chi connectivity index (χ1n) is 6.06. The maximum absolute atomic E-state index is 11.6. The number of nitrogens with zero attached hydrogens (tertiary/aromatic N) is 1. The Morgan fingerprint density at radius 2 is 2.17 bits per heavy atom. The maximum atomic E-state index is 11.6. The van der Waals surface area contributed by atoms with E-state index in [1.165, 1.54) is 12.8 Å². The quantitative estimate of drug-likeness (QED) is 0.859. The second kappa shape index (κ2) is 5.59. The number of amides is 1. The molecule has 1 fully saturated rings. The molecule has 0 aliphatic heterocycles. The molecule has 0 radical (unpaired) electrons. The number of halogens is 1. The first-order valence-corrected chi connectivity index (χ1v) is 6.44. The summed E-state index contributed by atoms with van der Waals surface area (Å²) < 4.78 is 0. The Labute approximate surface area is 112 Å². The van der Waals surface area contributed by atoms with Crippen molar-refractivity contribution in [2.75, 3.05) is 30.9 Å². The largest absolute Gasteiger partial charge is 0.376 e. The average Bonchev–Trinajstić information content (AvgIpc) is 3.09. The molecule has 1 aliphatic rings. The van der Waals surface area contributed by atoms with Crippen LogP contribution in [0.1, 0.15) is 12.8 Å². The summed E-state index contributed by atoms with van der Waals surface area (Å²) >= 11 is 6.14. The number of benzene rings is 1. The summed E-state index contributed by atoms with van der Waals surface area (Å²) in [6.45, 7) is 0.359. The van der Waals surface area contributed by atoms with Gasteiger partial charge in [-0.25, -0.2) is 0 Å². The first-order chi connectivity index (χ1) is 8.56. The number of rotatable bonds is 5. The second-order valence-electron chi connectivity index (χ2n) is 4.76. The zero-order valence-electron chi connectivity index (χ0n) is 10.7. The van der Waals surface area contributed by atoms with Gasteiger partial charge in [-0.3, -0.25) is 4.79 Å². The minimum Gasteiger partial charge on any atom is -0.376 e. The van der Waals surface area contributed by atoms with Crippen molar-refractivity contribution in [3.63, 3.8) is 0 Å². The van der Waals surface area contributed by atoms with Crippen LogP contribution in [0.3, 0.4) is 0 Å². The van der Waals surface area contributed by atoms with Gasteiger partial charge in [0.25, 0.3) is 0 Å². The predicted octanol–water partition coefficient (Wildman–Crippen LogP) is 2.10. The van der Waals surface area contributed by atoms with E-state index in [2.05, 4.69) is 10.6 Å². The van der Waals surface area contributed by atoms with Crippen molar-refractivity contribution in [2.24, 2.45) is 0 Å². The molecule has 0 spiro atoms. The van der Waals surface area contributed by atoms with Gasteiger partial charge in [-0.2, -0.15) is 0 Å². The fraction of sp³-hybridized carbons (Fsp3) is 0.462. The van der Waals surface area contributed by atoms with E-state index in [1.807, 2.05) is 31.1 Å². The van der Waals surface area contributed by atoms with Crippen LogP contribution in [0.25, 0.3) is 0 Å². The fourth-order valence-corrected chi connectivity index (χ4v) is 2.03. The molecule has 0 bridgehead atoms. The van der Waals surface area contributed by atoms with E-state index in [0.29, 0.717) is 17.6 Å². The van der Waals surface area contributed by atoms with Crippen LogP contribution in [0.2, 0.25) is 5.02 Å². The summed E-state index contributed by atoms with van der Waals surface area (Å²) in [6.07, 6.45) is 2.35. The summed E-state index contributed by atoms with van der Waals surface area (Å²) in [5.41, 5.74) is 1.67. The molecular weight excluding hydrogens is 250 g/mol. The van der Waals surface area contributed by atoms with Gasteiger partial charge >= 0.3 is 0 Å². The van der Waals surface area contributed by atoms with E-state index in [0.717, 1.165) is 11.4 Å². The van der Waals surface area contributed by atoms with E-state index >= 15 is 0 Å². The van der Waals surface area contributed by atoms with Gasteiger partial charge in [0.15, 0.2) is 0 Å². The zero-order valence-corrected chi connectivity index (χ0v) is 11.4. The van der Waals surface area contributed by atoms with Crippen LogP contribution in [-0.2, 0) is 4.79 Å². The Morgan fingerprint density at radius 3 is 2.72 bits per heavy atom. The Hall–Kier alpha value is -1.26. The molecule has 1 saturated carbocycles. The summed E-state index contributed by atoms with van der Waals surface area (Å²) in [5, 5.41) is 6.63. The van der Waals surface area contributed by atoms with Crippen molar-refractivity contribution in [3.05, 3.63) is 23.2 Å². The van der Waals surface area contributed by atoms with Crippen LogP contribution in [0.5, 0.6) is 0 Å².